The highest BCUT2D eigenvalue weighted by Crippen LogP contribution is 2.32. The molecule has 1 atom stereocenters. The van der Waals surface area contributed by atoms with Gasteiger partial charge in [0.2, 0.25) is 0 Å². The van der Waals surface area contributed by atoms with Gasteiger partial charge in [0.15, 0.2) is 0 Å². The summed E-state index contributed by atoms with van der Waals surface area (Å²) in [6.07, 6.45) is 2.30. The molecule has 1 aromatic rings. The van der Waals surface area contributed by atoms with Crippen molar-refractivity contribution in [2.75, 3.05) is 6.54 Å². The van der Waals surface area contributed by atoms with E-state index in [0.29, 0.717) is 11.5 Å². The Morgan fingerprint density at radius 1 is 1.05 bits per heavy atom. The van der Waals surface area contributed by atoms with Crippen molar-refractivity contribution < 1.29 is 4.39 Å². The molecular weight excluding hydrogens is 249 g/mol. The van der Waals surface area contributed by atoms with E-state index in [1.807, 2.05) is 12.1 Å². The third-order valence-electron chi connectivity index (χ3n) is 4.09. The summed E-state index contributed by atoms with van der Waals surface area (Å²) in [4.78, 5) is 0. The summed E-state index contributed by atoms with van der Waals surface area (Å²) in [6.45, 7) is 14.4. The van der Waals surface area contributed by atoms with Crippen molar-refractivity contribution in [3.05, 3.63) is 35.6 Å². The Hall–Kier alpha value is -0.890. The summed E-state index contributed by atoms with van der Waals surface area (Å²) >= 11 is 0. The van der Waals surface area contributed by atoms with Crippen LogP contribution in [-0.2, 0) is 5.41 Å². The van der Waals surface area contributed by atoms with Gasteiger partial charge in [0.1, 0.15) is 5.82 Å². The van der Waals surface area contributed by atoms with E-state index in [1.165, 1.54) is 12.0 Å². The van der Waals surface area contributed by atoms with Crippen LogP contribution in [0, 0.1) is 11.2 Å². The summed E-state index contributed by atoms with van der Waals surface area (Å²) in [5.74, 6) is -0.167. The molecule has 1 N–H and O–H groups in total. The van der Waals surface area contributed by atoms with Crippen molar-refractivity contribution in [1.29, 1.82) is 0 Å². The van der Waals surface area contributed by atoms with E-state index < -0.39 is 0 Å². The fraction of sp³-hybridized carbons (Fsp3) is 0.667. The molecule has 0 amide bonds. The number of rotatable bonds is 6. The fourth-order valence-electron chi connectivity index (χ4n) is 2.62. The van der Waals surface area contributed by atoms with Crippen LogP contribution in [0.25, 0.3) is 0 Å². The molecule has 0 aliphatic rings. The van der Waals surface area contributed by atoms with Crippen LogP contribution in [-0.4, -0.2) is 12.6 Å². The van der Waals surface area contributed by atoms with Crippen molar-refractivity contribution in [2.45, 2.75) is 65.8 Å². The van der Waals surface area contributed by atoms with Crippen molar-refractivity contribution in [1.82, 2.24) is 5.32 Å². The Morgan fingerprint density at radius 3 is 2.05 bits per heavy atom. The second kappa shape index (κ2) is 6.71. The largest absolute Gasteiger partial charge is 0.313 e. The third kappa shape index (κ3) is 4.90. The number of benzene rings is 1. The first-order valence-corrected chi connectivity index (χ1v) is 7.66. The second-order valence-corrected chi connectivity index (χ2v) is 7.44. The molecule has 0 saturated carbocycles. The van der Waals surface area contributed by atoms with E-state index in [2.05, 4.69) is 46.9 Å². The molecule has 0 radical (unpaired) electrons. The van der Waals surface area contributed by atoms with Crippen LogP contribution in [0.5, 0.6) is 0 Å². The Labute approximate surface area is 124 Å². The smallest absolute Gasteiger partial charge is 0.123 e. The molecule has 1 aromatic carbocycles. The molecule has 114 valence electrons. The van der Waals surface area contributed by atoms with Crippen LogP contribution >= 0.6 is 0 Å². The quantitative estimate of drug-likeness (QED) is 0.780. The second-order valence-electron chi connectivity index (χ2n) is 7.44. The summed E-state index contributed by atoms with van der Waals surface area (Å²) in [5.41, 5.74) is 1.53. The average Bonchev–Trinajstić information content (AvgIpc) is 2.33. The van der Waals surface area contributed by atoms with Gasteiger partial charge in [-0.1, -0.05) is 53.7 Å². The molecule has 1 unspecified atom stereocenters. The topological polar surface area (TPSA) is 12.0 Å². The van der Waals surface area contributed by atoms with Crippen molar-refractivity contribution >= 4 is 0 Å². The number of likely N-dealkylation sites (N-methyl/N-ethyl adjacent to an activating group) is 1. The van der Waals surface area contributed by atoms with Gasteiger partial charge in [-0.15, -0.1) is 0 Å². The number of halogens is 1. The number of nitrogens with one attached hydrogen (secondary N) is 1. The summed E-state index contributed by atoms with van der Waals surface area (Å²) in [7, 11) is 0. The van der Waals surface area contributed by atoms with E-state index in [1.54, 1.807) is 12.1 Å². The van der Waals surface area contributed by atoms with Crippen LogP contribution in [0.4, 0.5) is 4.39 Å². The van der Waals surface area contributed by atoms with Gasteiger partial charge in [0.05, 0.1) is 0 Å². The Balaban J connectivity index is 2.90. The summed E-state index contributed by atoms with van der Waals surface area (Å²) in [5, 5.41) is 3.61. The van der Waals surface area contributed by atoms with E-state index in [-0.39, 0.29) is 11.2 Å². The normalized spacial score (nSPS) is 14.3. The molecule has 1 rings (SSSR count). The van der Waals surface area contributed by atoms with Crippen LogP contribution < -0.4 is 5.32 Å². The molecule has 0 heterocycles. The SMILES string of the molecule is CCNC(CCC(C)(C)C)C(C)(C)c1ccc(F)cc1. The first-order chi connectivity index (χ1) is 9.16. The van der Waals surface area contributed by atoms with Gasteiger partial charge in [-0.3, -0.25) is 0 Å². The maximum Gasteiger partial charge on any atom is 0.123 e. The van der Waals surface area contributed by atoms with Crippen molar-refractivity contribution in [2.24, 2.45) is 5.41 Å². The first-order valence-electron chi connectivity index (χ1n) is 7.66. The minimum absolute atomic E-state index is 0.00500. The highest BCUT2D eigenvalue weighted by molar-refractivity contribution is 5.26. The standard InChI is InChI=1S/C18H30FN/c1-7-20-16(12-13-17(2,3)4)18(5,6)14-8-10-15(19)11-9-14/h8-11,16,20H,7,12-13H2,1-6H3. The van der Waals surface area contributed by atoms with Gasteiger partial charge in [0.25, 0.3) is 0 Å². The maximum absolute atomic E-state index is 13.1. The Kier molecular flexibility index (Phi) is 5.76. The van der Waals surface area contributed by atoms with Gasteiger partial charge >= 0.3 is 0 Å². The third-order valence-corrected chi connectivity index (χ3v) is 4.09. The van der Waals surface area contributed by atoms with E-state index in [4.69, 9.17) is 0 Å². The van der Waals surface area contributed by atoms with Gasteiger partial charge in [-0.25, -0.2) is 4.39 Å². The number of hydrogen-bond donors (Lipinski definition) is 1. The lowest BCUT2D eigenvalue weighted by molar-refractivity contribution is 0.271. The molecule has 0 bridgehead atoms. The van der Waals surface area contributed by atoms with E-state index in [9.17, 15) is 4.39 Å². The highest BCUT2D eigenvalue weighted by atomic mass is 19.1. The number of hydrogen-bond acceptors (Lipinski definition) is 1. The Morgan fingerprint density at radius 2 is 1.60 bits per heavy atom. The average molecular weight is 279 g/mol. The minimum atomic E-state index is -0.167. The lowest BCUT2D eigenvalue weighted by Gasteiger charge is -2.37. The minimum Gasteiger partial charge on any atom is -0.313 e. The van der Waals surface area contributed by atoms with Gasteiger partial charge in [-0.05, 0) is 42.5 Å². The van der Waals surface area contributed by atoms with Crippen LogP contribution in [0.15, 0.2) is 24.3 Å². The molecule has 2 heteroatoms. The van der Waals surface area contributed by atoms with E-state index >= 15 is 0 Å². The zero-order chi connectivity index (χ0) is 15.4. The summed E-state index contributed by atoms with van der Waals surface area (Å²) in [6, 6.07) is 7.35. The predicted molar refractivity (Wildman–Crippen MR) is 85.6 cm³/mol. The zero-order valence-corrected chi connectivity index (χ0v) is 13.9. The molecule has 0 aliphatic carbocycles. The predicted octanol–water partition coefficient (Wildman–Crippen LogP) is 4.91. The monoisotopic (exact) mass is 279 g/mol. The lowest BCUT2D eigenvalue weighted by atomic mass is 9.74. The van der Waals surface area contributed by atoms with Crippen molar-refractivity contribution in [3.8, 4) is 0 Å². The highest BCUT2D eigenvalue weighted by Gasteiger charge is 2.31. The molecule has 0 spiro atoms. The molecule has 0 fully saturated rings. The molecule has 0 saturated heterocycles. The van der Waals surface area contributed by atoms with Gasteiger partial charge < -0.3 is 5.32 Å². The van der Waals surface area contributed by atoms with Crippen LogP contribution in [0.3, 0.4) is 0 Å². The zero-order valence-electron chi connectivity index (χ0n) is 13.9. The fourth-order valence-corrected chi connectivity index (χ4v) is 2.62. The molecule has 20 heavy (non-hydrogen) atoms. The van der Waals surface area contributed by atoms with Crippen molar-refractivity contribution in [3.63, 3.8) is 0 Å². The van der Waals surface area contributed by atoms with Gasteiger partial charge in [-0.2, -0.15) is 0 Å². The molecule has 0 aromatic heterocycles. The van der Waals surface area contributed by atoms with Crippen LogP contribution in [0.2, 0.25) is 0 Å². The molecule has 0 aliphatic heterocycles. The molecular formula is C18H30FN. The maximum atomic E-state index is 13.1. The van der Waals surface area contributed by atoms with Gasteiger partial charge in [0, 0.05) is 11.5 Å². The summed E-state index contributed by atoms with van der Waals surface area (Å²) < 4.78 is 13.1. The lowest BCUT2D eigenvalue weighted by Crippen LogP contribution is -2.45. The molecule has 1 nitrogen and oxygen atoms in total. The van der Waals surface area contributed by atoms with E-state index in [0.717, 1.165) is 13.0 Å². The Bertz CT molecular complexity index is 400. The first kappa shape index (κ1) is 17.2. The van der Waals surface area contributed by atoms with Crippen LogP contribution in [0.1, 0.15) is 59.9 Å².